The molecule has 1 aliphatic heterocycles. The molecular formula is C20H23N3O3. The first-order valence-corrected chi connectivity index (χ1v) is 8.83. The first-order chi connectivity index (χ1) is 12.6. The maximum Gasteiger partial charge on any atom is 0.335 e. The number of pyridine rings is 1. The summed E-state index contributed by atoms with van der Waals surface area (Å²) in [6.45, 7) is 3.83. The Kier molecular flexibility index (Phi) is 5.96. The maximum absolute atomic E-state index is 12.5. The predicted octanol–water partition coefficient (Wildman–Crippen LogP) is 2.06. The third kappa shape index (κ3) is 4.89. The molecule has 0 spiro atoms. The van der Waals surface area contributed by atoms with Gasteiger partial charge in [0.05, 0.1) is 12.0 Å². The molecule has 1 aliphatic rings. The Bertz CT molecular complexity index is 764. The average Bonchev–Trinajstić information content (AvgIpc) is 2.88. The number of carboxylic acids is 1. The van der Waals surface area contributed by atoms with Crippen molar-refractivity contribution in [3.05, 3.63) is 65.5 Å². The molecule has 0 saturated carbocycles. The molecule has 2 aromatic rings. The first-order valence-electron chi connectivity index (χ1n) is 8.83. The van der Waals surface area contributed by atoms with Gasteiger partial charge < -0.3 is 10.0 Å². The quantitative estimate of drug-likeness (QED) is 0.891. The third-order valence-electron chi connectivity index (χ3n) is 4.60. The van der Waals surface area contributed by atoms with Crippen LogP contribution in [0.1, 0.15) is 27.9 Å². The van der Waals surface area contributed by atoms with Crippen LogP contribution in [0, 0.1) is 0 Å². The van der Waals surface area contributed by atoms with Crippen LogP contribution in [0.2, 0.25) is 0 Å². The summed E-state index contributed by atoms with van der Waals surface area (Å²) < 4.78 is 0. The Balaban J connectivity index is 1.55. The van der Waals surface area contributed by atoms with E-state index < -0.39 is 5.97 Å². The van der Waals surface area contributed by atoms with Crippen molar-refractivity contribution in [2.24, 2.45) is 0 Å². The topological polar surface area (TPSA) is 73.7 Å². The van der Waals surface area contributed by atoms with Gasteiger partial charge in [0.2, 0.25) is 5.91 Å². The molecule has 3 rings (SSSR count). The van der Waals surface area contributed by atoms with Crippen LogP contribution in [0.3, 0.4) is 0 Å². The Morgan fingerprint density at radius 2 is 1.88 bits per heavy atom. The van der Waals surface area contributed by atoms with Gasteiger partial charge in [0.1, 0.15) is 0 Å². The molecule has 1 amide bonds. The van der Waals surface area contributed by atoms with E-state index in [0.29, 0.717) is 25.1 Å². The summed E-state index contributed by atoms with van der Waals surface area (Å²) >= 11 is 0. The molecule has 136 valence electrons. The second kappa shape index (κ2) is 8.58. The van der Waals surface area contributed by atoms with Crippen molar-refractivity contribution in [2.45, 2.75) is 19.4 Å². The summed E-state index contributed by atoms with van der Waals surface area (Å²) in [6, 6.07) is 10.8. The second-order valence-corrected chi connectivity index (χ2v) is 6.55. The maximum atomic E-state index is 12.5. The number of carbonyl (C=O) groups is 2. The van der Waals surface area contributed by atoms with Crippen LogP contribution in [0.4, 0.5) is 0 Å². The number of hydrogen-bond donors (Lipinski definition) is 1. The van der Waals surface area contributed by atoms with Gasteiger partial charge in [0.25, 0.3) is 0 Å². The standard InChI is InChI=1S/C20H23N3O3/c24-19(13-16-5-2-7-21-14-16)23-9-3-8-22(10-11-23)15-17-4-1-6-18(12-17)20(25)26/h1-2,4-7,12,14H,3,8-11,13,15H2,(H,25,26). The molecule has 1 saturated heterocycles. The summed E-state index contributed by atoms with van der Waals surface area (Å²) in [4.78, 5) is 31.9. The van der Waals surface area contributed by atoms with Crippen LogP contribution >= 0.6 is 0 Å². The molecule has 0 atom stereocenters. The molecule has 6 nitrogen and oxygen atoms in total. The lowest BCUT2D eigenvalue weighted by atomic mass is 10.1. The number of aromatic carboxylic acids is 1. The Labute approximate surface area is 153 Å². The van der Waals surface area contributed by atoms with Crippen LogP contribution < -0.4 is 0 Å². The van der Waals surface area contributed by atoms with Crippen molar-refractivity contribution < 1.29 is 14.7 Å². The van der Waals surface area contributed by atoms with Gasteiger partial charge >= 0.3 is 5.97 Å². The summed E-state index contributed by atoms with van der Waals surface area (Å²) in [6.07, 6.45) is 4.74. The normalized spacial score (nSPS) is 15.5. The molecule has 1 N–H and O–H groups in total. The number of carboxylic acid groups (broad SMARTS) is 1. The molecule has 2 heterocycles. The molecule has 26 heavy (non-hydrogen) atoms. The van der Waals surface area contributed by atoms with Crippen LogP contribution in [-0.2, 0) is 17.8 Å². The van der Waals surface area contributed by atoms with Crippen LogP contribution in [-0.4, -0.2) is 57.9 Å². The lowest BCUT2D eigenvalue weighted by Gasteiger charge is -2.22. The fourth-order valence-electron chi connectivity index (χ4n) is 3.23. The molecule has 0 aliphatic carbocycles. The number of amides is 1. The van der Waals surface area contributed by atoms with Crippen molar-refractivity contribution in [1.82, 2.24) is 14.8 Å². The molecule has 0 radical (unpaired) electrons. The number of hydrogen-bond acceptors (Lipinski definition) is 4. The lowest BCUT2D eigenvalue weighted by molar-refractivity contribution is -0.130. The van der Waals surface area contributed by atoms with E-state index in [1.165, 1.54) is 0 Å². The fraction of sp³-hybridized carbons (Fsp3) is 0.350. The Morgan fingerprint density at radius 3 is 2.65 bits per heavy atom. The van der Waals surface area contributed by atoms with E-state index in [-0.39, 0.29) is 5.91 Å². The van der Waals surface area contributed by atoms with Gasteiger partial charge in [-0.15, -0.1) is 0 Å². The largest absolute Gasteiger partial charge is 0.478 e. The molecule has 1 aromatic heterocycles. The van der Waals surface area contributed by atoms with Crippen molar-refractivity contribution in [3.8, 4) is 0 Å². The van der Waals surface area contributed by atoms with E-state index in [1.807, 2.05) is 23.1 Å². The van der Waals surface area contributed by atoms with E-state index in [9.17, 15) is 9.59 Å². The Morgan fingerprint density at radius 1 is 1.04 bits per heavy atom. The van der Waals surface area contributed by atoms with Gasteiger partial charge in [-0.25, -0.2) is 4.79 Å². The zero-order valence-corrected chi connectivity index (χ0v) is 14.7. The Hall–Kier alpha value is -2.73. The average molecular weight is 353 g/mol. The zero-order valence-electron chi connectivity index (χ0n) is 14.7. The zero-order chi connectivity index (χ0) is 18.4. The van der Waals surface area contributed by atoms with E-state index in [2.05, 4.69) is 9.88 Å². The smallest absolute Gasteiger partial charge is 0.335 e. The highest BCUT2D eigenvalue weighted by Crippen LogP contribution is 2.12. The first kappa shape index (κ1) is 18.1. The summed E-state index contributed by atoms with van der Waals surface area (Å²) in [5.74, 6) is -0.775. The fourth-order valence-corrected chi connectivity index (χ4v) is 3.23. The minimum atomic E-state index is -0.908. The number of aromatic nitrogens is 1. The summed E-state index contributed by atoms with van der Waals surface area (Å²) in [5.41, 5.74) is 2.23. The highest BCUT2D eigenvalue weighted by molar-refractivity contribution is 5.87. The van der Waals surface area contributed by atoms with E-state index in [1.54, 1.807) is 30.6 Å². The highest BCUT2D eigenvalue weighted by atomic mass is 16.4. The highest BCUT2D eigenvalue weighted by Gasteiger charge is 2.19. The molecule has 0 unspecified atom stereocenters. The number of benzene rings is 1. The predicted molar refractivity (Wildman–Crippen MR) is 97.8 cm³/mol. The molecule has 0 bridgehead atoms. The van der Waals surface area contributed by atoms with Crippen LogP contribution in [0.25, 0.3) is 0 Å². The van der Waals surface area contributed by atoms with E-state index in [4.69, 9.17) is 5.11 Å². The monoisotopic (exact) mass is 353 g/mol. The minimum Gasteiger partial charge on any atom is -0.478 e. The van der Waals surface area contributed by atoms with Gasteiger partial charge in [0.15, 0.2) is 0 Å². The molecule has 1 aromatic carbocycles. The molecular weight excluding hydrogens is 330 g/mol. The number of carbonyl (C=O) groups excluding carboxylic acids is 1. The number of rotatable bonds is 5. The van der Waals surface area contributed by atoms with Gasteiger partial charge in [0, 0.05) is 45.1 Å². The number of nitrogens with zero attached hydrogens (tertiary/aromatic N) is 3. The van der Waals surface area contributed by atoms with Crippen molar-refractivity contribution >= 4 is 11.9 Å². The minimum absolute atomic E-state index is 0.132. The van der Waals surface area contributed by atoms with Crippen molar-refractivity contribution in [2.75, 3.05) is 26.2 Å². The lowest BCUT2D eigenvalue weighted by Crippen LogP contribution is -2.36. The van der Waals surface area contributed by atoms with Crippen LogP contribution in [0.15, 0.2) is 48.8 Å². The van der Waals surface area contributed by atoms with Crippen molar-refractivity contribution in [1.29, 1.82) is 0 Å². The van der Waals surface area contributed by atoms with Gasteiger partial charge in [-0.2, -0.15) is 0 Å². The van der Waals surface area contributed by atoms with Crippen LogP contribution in [0.5, 0.6) is 0 Å². The van der Waals surface area contributed by atoms with Crippen molar-refractivity contribution in [3.63, 3.8) is 0 Å². The van der Waals surface area contributed by atoms with Gasteiger partial charge in [-0.1, -0.05) is 18.2 Å². The molecule has 1 fully saturated rings. The van der Waals surface area contributed by atoms with E-state index >= 15 is 0 Å². The SMILES string of the molecule is O=C(O)c1cccc(CN2CCCN(C(=O)Cc3cccnc3)CC2)c1. The van der Waals surface area contributed by atoms with E-state index in [0.717, 1.165) is 37.2 Å². The second-order valence-electron chi connectivity index (χ2n) is 6.55. The summed E-state index contributed by atoms with van der Waals surface area (Å²) in [5, 5.41) is 9.11. The summed E-state index contributed by atoms with van der Waals surface area (Å²) in [7, 11) is 0. The molecule has 6 heteroatoms. The van der Waals surface area contributed by atoms with Gasteiger partial charge in [-0.3, -0.25) is 14.7 Å². The van der Waals surface area contributed by atoms with Gasteiger partial charge in [-0.05, 0) is 35.7 Å². The third-order valence-corrected chi connectivity index (χ3v) is 4.60.